The van der Waals surface area contributed by atoms with Crippen LogP contribution in [0.15, 0.2) is 57.5 Å². The highest BCUT2D eigenvalue weighted by Crippen LogP contribution is 2.23. The number of nitrogens with one attached hydrogen (secondary N) is 1. The Morgan fingerprint density at radius 3 is 2.69 bits per heavy atom. The van der Waals surface area contributed by atoms with Crippen LogP contribution in [-0.2, 0) is 20.4 Å². The molecule has 26 heavy (non-hydrogen) atoms. The number of nitrogens with zero attached hydrogens (tertiary/aromatic N) is 2. The minimum Gasteiger partial charge on any atom is -0.465 e. The van der Waals surface area contributed by atoms with Crippen molar-refractivity contribution in [3.05, 3.63) is 65.9 Å². The number of furan rings is 1. The van der Waals surface area contributed by atoms with Crippen LogP contribution < -0.4 is 5.32 Å². The monoisotopic (exact) mass is 393 g/mol. The summed E-state index contributed by atoms with van der Waals surface area (Å²) in [5.41, 5.74) is 0.425. The Balaban J connectivity index is 1.66. The molecule has 0 radical (unpaired) electrons. The van der Waals surface area contributed by atoms with E-state index in [0.717, 1.165) is 11.3 Å². The second-order valence-electron chi connectivity index (χ2n) is 5.10. The summed E-state index contributed by atoms with van der Waals surface area (Å²) in [6, 6.07) is 8.49. The van der Waals surface area contributed by atoms with E-state index in [9.17, 15) is 17.6 Å². The largest absolute Gasteiger partial charge is 0.465 e. The van der Waals surface area contributed by atoms with Gasteiger partial charge in [-0.2, -0.15) is 0 Å². The van der Waals surface area contributed by atoms with E-state index in [1.165, 1.54) is 42.7 Å². The molecule has 7 nitrogen and oxygen atoms in total. The van der Waals surface area contributed by atoms with Gasteiger partial charge in [0.15, 0.2) is 0 Å². The molecule has 3 rings (SSSR count). The molecule has 0 saturated carbocycles. The molecule has 3 aromatic rings. The minimum absolute atomic E-state index is 0.0526. The van der Waals surface area contributed by atoms with Crippen LogP contribution in [0.5, 0.6) is 0 Å². The maximum Gasteiger partial charge on any atom is 0.250 e. The maximum absolute atomic E-state index is 12.9. The van der Waals surface area contributed by atoms with Gasteiger partial charge in [-0.05, 0) is 35.9 Å². The SMILES string of the molecule is O=C(/C=C/c1ccco1)Nc1nnc(S(=O)(=O)Cc2ccc(F)cc2)s1. The molecule has 0 atom stereocenters. The number of hydrogen-bond acceptors (Lipinski definition) is 7. The summed E-state index contributed by atoms with van der Waals surface area (Å²) in [4.78, 5) is 11.8. The molecular weight excluding hydrogens is 381 g/mol. The summed E-state index contributed by atoms with van der Waals surface area (Å²) in [6.45, 7) is 0. The molecule has 0 aliphatic rings. The lowest BCUT2D eigenvalue weighted by Gasteiger charge is -2.00. The van der Waals surface area contributed by atoms with E-state index >= 15 is 0 Å². The second-order valence-corrected chi connectivity index (χ2v) is 8.24. The molecule has 1 amide bonds. The molecule has 10 heteroatoms. The predicted molar refractivity (Wildman–Crippen MR) is 93.6 cm³/mol. The number of rotatable bonds is 6. The molecule has 0 spiro atoms. The van der Waals surface area contributed by atoms with Gasteiger partial charge >= 0.3 is 0 Å². The van der Waals surface area contributed by atoms with E-state index in [4.69, 9.17) is 4.42 Å². The number of halogens is 1. The average Bonchev–Trinajstić information content (AvgIpc) is 3.27. The Morgan fingerprint density at radius 2 is 2.00 bits per heavy atom. The van der Waals surface area contributed by atoms with Crippen LogP contribution >= 0.6 is 11.3 Å². The van der Waals surface area contributed by atoms with E-state index in [-0.39, 0.29) is 15.2 Å². The molecule has 0 fully saturated rings. The first-order valence-corrected chi connectivity index (χ1v) is 9.72. The van der Waals surface area contributed by atoms with Gasteiger partial charge in [-0.1, -0.05) is 23.5 Å². The Kier molecular flexibility index (Phi) is 5.24. The number of carbonyl (C=O) groups is 1. The van der Waals surface area contributed by atoms with Crippen LogP contribution in [0.3, 0.4) is 0 Å². The molecule has 134 valence electrons. The highest BCUT2D eigenvalue weighted by Gasteiger charge is 2.21. The first kappa shape index (κ1) is 18.0. The van der Waals surface area contributed by atoms with E-state index in [0.29, 0.717) is 11.3 Å². The molecule has 1 N–H and O–H groups in total. The average molecular weight is 393 g/mol. The Bertz CT molecular complexity index is 1030. The highest BCUT2D eigenvalue weighted by atomic mass is 32.2. The van der Waals surface area contributed by atoms with Gasteiger partial charge in [0.1, 0.15) is 11.6 Å². The number of benzene rings is 1. The zero-order chi connectivity index (χ0) is 18.6. The smallest absolute Gasteiger partial charge is 0.250 e. The Hall–Kier alpha value is -2.85. The molecule has 0 unspecified atom stereocenters. The van der Waals surface area contributed by atoms with E-state index in [2.05, 4.69) is 15.5 Å². The molecule has 0 saturated heterocycles. The van der Waals surface area contributed by atoms with Crippen LogP contribution in [0, 0.1) is 5.82 Å². The zero-order valence-corrected chi connectivity index (χ0v) is 14.8. The maximum atomic E-state index is 12.9. The van der Waals surface area contributed by atoms with Gasteiger partial charge in [-0.3, -0.25) is 10.1 Å². The Morgan fingerprint density at radius 1 is 1.23 bits per heavy atom. The number of anilines is 1. The quantitative estimate of drug-likeness (QED) is 0.510. The highest BCUT2D eigenvalue weighted by molar-refractivity contribution is 7.92. The third-order valence-electron chi connectivity index (χ3n) is 3.11. The van der Waals surface area contributed by atoms with Crippen molar-refractivity contribution in [1.29, 1.82) is 0 Å². The van der Waals surface area contributed by atoms with Crippen LogP contribution in [0.25, 0.3) is 6.08 Å². The third kappa shape index (κ3) is 4.61. The molecule has 2 heterocycles. The number of hydrogen-bond donors (Lipinski definition) is 1. The lowest BCUT2D eigenvalue weighted by atomic mass is 10.2. The van der Waals surface area contributed by atoms with E-state index in [1.54, 1.807) is 12.1 Å². The normalized spacial score (nSPS) is 11.7. The summed E-state index contributed by atoms with van der Waals surface area (Å²) in [5.74, 6) is -0.788. The fourth-order valence-electron chi connectivity index (χ4n) is 1.94. The van der Waals surface area contributed by atoms with Gasteiger partial charge < -0.3 is 4.42 Å². The second kappa shape index (κ2) is 7.58. The molecule has 0 aliphatic heterocycles. The van der Waals surface area contributed by atoms with Crippen LogP contribution in [-0.4, -0.2) is 24.5 Å². The zero-order valence-electron chi connectivity index (χ0n) is 13.1. The molecule has 0 bridgehead atoms. The summed E-state index contributed by atoms with van der Waals surface area (Å²) in [5, 5.41) is 9.76. The fraction of sp³-hybridized carbons (Fsp3) is 0.0625. The number of carbonyl (C=O) groups excluding carboxylic acids is 1. The van der Waals surface area contributed by atoms with Crippen molar-refractivity contribution in [2.45, 2.75) is 10.1 Å². The number of amides is 1. The lowest BCUT2D eigenvalue weighted by Crippen LogP contribution is -2.07. The van der Waals surface area contributed by atoms with Crippen LogP contribution in [0.4, 0.5) is 9.52 Å². The van der Waals surface area contributed by atoms with Gasteiger partial charge in [0, 0.05) is 6.08 Å². The number of aromatic nitrogens is 2. The van der Waals surface area contributed by atoms with Crippen molar-refractivity contribution in [2.24, 2.45) is 0 Å². The summed E-state index contributed by atoms with van der Waals surface area (Å²) < 4.78 is 42.4. The van der Waals surface area contributed by atoms with Crippen molar-refractivity contribution in [2.75, 3.05) is 5.32 Å². The molecule has 2 aromatic heterocycles. The van der Waals surface area contributed by atoms with Gasteiger partial charge in [0.05, 0.1) is 12.0 Å². The van der Waals surface area contributed by atoms with Crippen LogP contribution in [0.1, 0.15) is 11.3 Å². The van der Waals surface area contributed by atoms with E-state index in [1.807, 2.05) is 0 Å². The first-order valence-electron chi connectivity index (χ1n) is 7.26. The van der Waals surface area contributed by atoms with Gasteiger partial charge in [0.2, 0.25) is 25.2 Å². The standard InChI is InChI=1S/C16H12FN3O4S2/c17-12-5-3-11(4-6-12)10-26(22,23)16-20-19-15(25-16)18-14(21)8-7-13-2-1-9-24-13/h1-9H,10H2,(H,18,19,21)/b8-7+. The third-order valence-corrected chi connectivity index (χ3v) is 6.09. The number of sulfone groups is 1. The summed E-state index contributed by atoms with van der Waals surface area (Å²) >= 11 is 0.740. The topological polar surface area (TPSA) is 102 Å². The minimum atomic E-state index is -3.75. The first-order chi connectivity index (χ1) is 12.4. The van der Waals surface area contributed by atoms with Gasteiger partial charge in [0.25, 0.3) is 0 Å². The van der Waals surface area contributed by atoms with Crippen molar-refractivity contribution < 1.29 is 22.0 Å². The van der Waals surface area contributed by atoms with Crippen LogP contribution in [0.2, 0.25) is 0 Å². The fourth-order valence-corrected chi connectivity index (χ4v) is 4.26. The Labute approximate surface area is 152 Å². The van der Waals surface area contributed by atoms with Crippen molar-refractivity contribution >= 4 is 38.3 Å². The molecule has 1 aromatic carbocycles. The summed E-state index contributed by atoms with van der Waals surface area (Å²) in [7, 11) is -3.75. The summed E-state index contributed by atoms with van der Waals surface area (Å²) in [6.07, 6.45) is 4.16. The predicted octanol–water partition coefficient (Wildman–Crippen LogP) is 2.90. The molecular formula is C16H12FN3O4S2. The van der Waals surface area contributed by atoms with Gasteiger partial charge in [-0.25, -0.2) is 12.8 Å². The van der Waals surface area contributed by atoms with Crippen molar-refractivity contribution in [1.82, 2.24) is 10.2 Å². The van der Waals surface area contributed by atoms with Gasteiger partial charge in [-0.15, -0.1) is 10.2 Å². The van der Waals surface area contributed by atoms with E-state index < -0.39 is 21.6 Å². The van der Waals surface area contributed by atoms with Crippen molar-refractivity contribution in [3.63, 3.8) is 0 Å². The van der Waals surface area contributed by atoms with Crippen molar-refractivity contribution in [3.8, 4) is 0 Å². The lowest BCUT2D eigenvalue weighted by molar-refractivity contribution is -0.111. The molecule has 0 aliphatic carbocycles.